The SMILES string of the molecule is c1ccc(-c2ccc3c4c(cc5ccccc53)-c3cc5ccc6c7cc8c(cc7ccc6c5cc3-c24)-c2cccc3cccc-8c23)cc1. The van der Waals surface area contributed by atoms with Crippen LogP contribution >= 0.6 is 0 Å². The standard InChI is InChI=1S/C48H26/c1-2-8-27(9-3-1)33-20-21-38-32-13-5-4-10-29(32)24-44-42-23-31-17-18-34-35(40(31)26-45(42)47(33)48(38)44)19-16-30-22-41-36-14-6-11-28-12-7-15-37(46(28)36)43(41)25-39(30)34/h1-26H. The van der Waals surface area contributed by atoms with Gasteiger partial charge in [0.05, 0.1) is 0 Å². The number of hydrogen-bond donors (Lipinski definition) is 0. The monoisotopic (exact) mass is 602 g/mol. The van der Waals surface area contributed by atoms with Crippen LogP contribution in [0.3, 0.4) is 0 Å². The van der Waals surface area contributed by atoms with E-state index in [0.717, 1.165) is 0 Å². The number of rotatable bonds is 1. The molecule has 0 spiro atoms. The zero-order valence-electron chi connectivity index (χ0n) is 26.0. The van der Waals surface area contributed by atoms with E-state index >= 15 is 0 Å². The second kappa shape index (κ2) is 8.76. The van der Waals surface area contributed by atoms with Gasteiger partial charge in [0.1, 0.15) is 0 Å². The minimum absolute atomic E-state index is 1.26. The summed E-state index contributed by atoms with van der Waals surface area (Å²) >= 11 is 0. The normalized spacial score (nSPS) is 12.6. The molecule has 0 nitrogen and oxygen atoms in total. The number of hydrogen-bond acceptors (Lipinski definition) is 0. The highest BCUT2D eigenvalue weighted by Gasteiger charge is 2.27. The van der Waals surface area contributed by atoms with Crippen LogP contribution in [0.4, 0.5) is 0 Å². The maximum Gasteiger partial charge on any atom is -0.00137 e. The van der Waals surface area contributed by atoms with Crippen LogP contribution in [0, 0.1) is 0 Å². The first-order chi connectivity index (χ1) is 23.8. The average Bonchev–Trinajstić information content (AvgIpc) is 3.63. The summed E-state index contributed by atoms with van der Waals surface area (Å²) < 4.78 is 0. The summed E-state index contributed by atoms with van der Waals surface area (Å²) in [5, 5.41) is 15.8. The molecule has 0 bridgehead atoms. The summed E-state index contributed by atoms with van der Waals surface area (Å²) in [4.78, 5) is 0. The third kappa shape index (κ3) is 3.06. The van der Waals surface area contributed by atoms with Gasteiger partial charge in [-0.2, -0.15) is 0 Å². The van der Waals surface area contributed by atoms with Gasteiger partial charge in [-0.25, -0.2) is 0 Å². The Morgan fingerprint density at radius 1 is 0.229 bits per heavy atom. The van der Waals surface area contributed by atoms with E-state index in [1.165, 1.54) is 120 Å². The molecule has 218 valence electrons. The van der Waals surface area contributed by atoms with Crippen molar-refractivity contribution in [3.63, 3.8) is 0 Å². The molecule has 0 aromatic heterocycles. The first kappa shape index (κ1) is 24.9. The molecule has 12 rings (SSSR count). The molecule has 0 radical (unpaired) electrons. The maximum atomic E-state index is 2.49. The van der Waals surface area contributed by atoms with E-state index in [1.54, 1.807) is 0 Å². The highest BCUT2D eigenvalue weighted by Crippen LogP contribution is 2.55. The summed E-state index contributed by atoms with van der Waals surface area (Å²) in [6, 6.07) is 59.5. The van der Waals surface area contributed by atoms with E-state index in [4.69, 9.17) is 0 Å². The highest BCUT2D eigenvalue weighted by atomic mass is 14.3. The predicted molar refractivity (Wildman–Crippen MR) is 206 cm³/mol. The van der Waals surface area contributed by atoms with E-state index < -0.39 is 0 Å². The van der Waals surface area contributed by atoms with E-state index in [2.05, 4.69) is 158 Å². The molecule has 2 aliphatic rings. The van der Waals surface area contributed by atoms with Gasteiger partial charge in [0.15, 0.2) is 0 Å². The zero-order chi connectivity index (χ0) is 31.1. The van der Waals surface area contributed by atoms with Gasteiger partial charge in [0.2, 0.25) is 0 Å². The molecule has 0 aliphatic heterocycles. The van der Waals surface area contributed by atoms with Crippen LogP contribution in [0.5, 0.6) is 0 Å². The molecule has 0 heterocycles. The summed E-state index contributed by atoms with van der Waals surface area (Å²) in [5.41, 5.74) is 13.3. The minimum Gasteiger partial charge on any atom is -0.0622 e. The van der Waals surface area contributed by atoms with Crippen molar-refractivity contribution in [3.05, 3.63) is 158 Å². The van der Waals surface area contributed by atoms with E-state index in [1.807, 2.05) is 0 Å². The molecular formula is C48H26. The Hall–Kier alpha value is -6.24. The van der Waals surface area contributed by atoms with Crippen molar-refractivity contribution in [2.45, 2.75) is 0 Å². The average molecular weight is 603 g/mol. The minimum atomic E-state index is 1.26. The molecule has 10 aromatic rings. The first-order valence-corrected chi connectivity index (χ1v) is 16.8. The molecule has 0 atom stereocenters. The van der Waals surface area contributed by atoms with Gasteiger partial charge in [-0.1, -0.05) is 127 Å². The Labute approximate surface area is 277 Å². The predicted octanol–water partition coefficient (Wildman–Crippen LogP) is 13.6. The van der Waals surface area contributed by atoms with Gasteiger partial charge >= 0.3 is 0 Å². The van der Waals surface area contributed by atoms with Crippen LogP contribution in [0.1, 0.15) is 0 Å². The lowest BCUT2D eigenvalue weighted by Crippen LogP contribution is -1.87. The Bertz CT molecular complexity index is 3080. The summed E-state index contributed by atoms with van der Waals surface area (Å²) in [7, 11) is 0. The van der Waals surface area contributed by atoms with Crippen molar-refractivity contribution in [2.75, 3.05) is 0 Å². The van der Waals surface area contributed by atoms with Gasteiger partial charge in [0.25, 0.3) is 0 Å². The quantitative estimate of drug-likeness (QED) is 0.164. The molecule has 0 amide bonds. The van der Waals surface area contributed by atoms with Crippen molar-refractivity contribution in [3.8, 4) is 55.6 Å². The van der Waals surface area contributed by atoms with Crippen molar-refractivity contribution in [1.29, 1.82) is 0 Å². The van der Waals surface area contributed by atoms with Crippen molar-refractivity contribution in [2.24, 2.45) is 0 Å². The molecule has 0 fully saturated rings. The number of fused-ring (bicyclic) bond motifs is 13. The largest absolute Gasteiger partial charge is 0.0622 e. The fraction of sp³-hybridized carbons (Fsp3) is 0. The second-order valence-corrected chi connectivity index (χ2v) is 13.6. The molecule has 0 N–H and O–H groups in total. The third-order valence-corrected chi connectivity index (χ3v) is 11.3. The number of benzene rings is 10. The van der Waals surface area contributed by atoms with Crippen LogP contribution in [0.25, 0.3) is 120 Å². The molecule has 48 heavy (non-hydrogen) atoms. The van der Waals surface area contributed by atoms with Crippen LogP contribution in [-0.4, -0.2) is 0 Å². The first-order valence-electron chi connectivity index (χ1n) is 16.8. The van der Waals surface area contributed by atoms with Gasteiger partial charge in [-0.05, 0) is 151 Å². The Morgan fingerprint density at radius 3 is 1.54 bits per heavy atom. The maximum absolute atomic E-state index is 2.49. The molecule has 0 unspecified atom stereocenters. The zero-order valence-corrected chi connectivity index (χ0v) is 26.0. The smallest absolute Gasteiger partial charge is 0.00137 e. The van der Waals surface area contributed by atoms with Gasteiger partial charge in [-0.15, -0.1) is 0 Å². The van der Waals surface area contributed by atoms with Crippen molar-refractivity contribution in [1.82, 2.24) is 0 Å². The third-order valence-electron chi connectivity index (χ3n) is 11.3. The van der Waals surface area contributed by atoms with Crippen LogP contribution in [0.2, 0.25) is 0 Å². The lowest BCUT2D eigenvalue weighted by molar-refractivity contribution is 1.65. The lowest BCUT2D eigenvalue weighted by atomic mass is 9.89. The van der Waals surface area contributed by atoms with Crippen LogP contribution in [0.15, 0.2) is 158 Å². The molecule has 0 saturated carbocycles. The van der Waals surface area contributed by atoms with Crippen molar-refractivity contribution >= 4 is 64.6 Å². The van der Waals surface area contributed by atoms with E-state index in [-0.39, 0.29) is 0 Å². The Morgan fingerprint density at radius 2 is 0.792 bits per heavy atom. The second-order valence-electron chi connectivity index (χ2n) is 13.6. The van der Waals surface area contributed by atoms with Gasteiger partial charge < -0.3 is 0 Å². The van der Waals surface area contributed by atoms with Crippen LogP contribution < -0.4 is 0 Å². The Kier molecular flexibility index (Phi) is 4.55. The van der Waals surface area contributed by atoms with Gasteiger partial charge in [0, 0.05) is 0 Å². The van der Waals surface area contributed by atoms with E-state index in [9.17, 15) is 0 Å². The highest BCUT2D eigenvalue weighted by molar-refractivity contribution is 6.29. The Balaban J connectivity index is 1.16. The lowest BCUT2D eigenvalue weighted by Gasteiger charge is -2.14. The molecule has 0 saturated heterocycles. The fourth-order valence-electron chi connectivity index (χ4n) is 9.19. The fourth-order valence-corrected chi connectivity index (χ4v) is 9.19. The van der Waals surface area contributed by atoms with Crippen LogP contribution in [-0.2, 0) is 0 Å². The molecule has 0 heteroatoms. The summed E-state index contributed by atoms with van der Waals surface area (Å²) in [6.07, 6.45) is 0. The summed E-state index contributed by atoms with van der Waals surface area (Å²) in [6.45, 7) is 0. The topological polar surface area (TPSA) is 0 Å². The molecule has 2 aliphatic carbocycles. The molecule has 10 aromatic carbocycles. The van der Waals surface area contributed by atoms with E-state index in [0.29, 0.717) is 0 Å². The molecular weight excluding hydrogens is 577 g/mol. The van der Waals surface area contributed by atoms with Crippen molar-refractivity contribution < 1.29 is 0 Å². The summed E-state index contributed by atoms with van der Waals surface area (Å²) in [5.74, 6) is 0. The van der Waals surface area contributed by atoms with Gasteiger partial charge in [-0.3, -0.25) is 0 Å².